The van der Waals surface area contributed by atoms with Gasteiger partial charge in [0.25, 0.3) is 0 Å². The number of hydrogen-bond donors (Lipinski definition) is 0. The second-order valence-corrected chi connectivity index (χ2v) is 4.29. The van der Waals surface area contributed by atoms with Gasteiger partial charge in [0.1, 0.15) is 6.17 Å². The van der Waals surface area contributed by atoms with Crippen LogP contribution < -0.4 is 0 Å². The minimum absolute atomic E-state index is 0.0799. The SMILES string of the molecule is CC(=O)c1ccc(C2CCC(F)C2)cc1. The normalized spacial score (nSPS) is 25.5. The van der Waals surface area contributed by atoms with Gasteiger partial charge < -0.3 is 0 Å². The number of ketones is 1. The first-order valence-electron chi connectivity index (χ1n) is 5.42. The number of rotatable bonds is 2. The Bertz CT molecular complexity index is 355. The largest absolute Gasteiger partial charge is 0.295 e. The fraction of sp³-hybridized carbons (Fsp3) is 0.462. The van der Waals surface area contributed by atoms with E-state index in [4.69, 9.17) is 0 Å². The topological polar surface area (TPSA) is 17.1 Å². The fourth-order valence-corrected chi connectivity index (χ4v) is 2.22. The predicted molar refractivity (Wildman–Crippen MR) is 57.9 cm³/mol. The summed E-state index contributed by atoms with van der Waals surface area (Å²) in [7, 11) is 0. The highest BCUT2D eigenvalue weighted by atomic mass is 19.1. The summed E-state index contributed by atoms with van der Waals surface area (Å²) in [5.74, 6) is 0.428. The Morgan fingerprint density at radius 2 is 1.93 bits per heavy atom. The maximum absolute atomic E-state index is 13.0. The summed E-state index contributed by atoms with van der Waals surface area (Å²) in [4.78, 5) is 11.1. The number of alkyl halides is 1. The zero-order valence-corrected chi connectivity index (χ0v) is 8.87. The molecule has 0 amide bonds. The van der Waals surface area contributed by atoms with Crippen LogP contribution in [0.15, 0.2) is 24.3 Å². The molecule has 0 radical (unpaired) electrons. The van der Waals surface area contributed by atoms with E-state index in [0.717, 1.165) is 12.0 Å². The number of carbonyl (C=O) groups excluding carboxylic acids is 1. The average molecular weight is 206 g/mol. The van der Waals surface area contributed by atoms with Crippen molar-refractivity contribution in [2.75, 3.05) is 0 Å². The van der Waals surface area contributed by atoms with Gasteiger partial charge in [-0.15, -0.1) is 0 Å². The van der Waals surface area contributed by atoms with E-state index < -0.39 is 6.17 Å². The average Bonchev–Trinajstić information content (AvgIpc) is 2.65. The third-order valence-electron chi connectivity index (χ3n) is 3.16. The molecule has 2 atom stereocenters. The predicted octanol–water partition coefficient (Wildman–Crippen LogP) is 3.49. The standard InChI is InChI=1S/C13H15FO/c1-9(15)10-2-4-11(5-3-10)12-6-7-13(14)8-12/h2-5,12-13H,6-8H2,1H3. The molecule has 1 nitrogen and oxygen atoms in total. The Hall–Kier alpha value is -1.18. The Kier molecular flexibility index (Phi) is 2.85. The molecule has 1 aromatic rings. The number of carbonyl (C=O) groups is 1. The molecule has 2 rings (SSSR count). The maximum Gasteiger partial charge on any atom is 0.159 e. The molecule has 0 N–H and O–H groups in total. The van der Waals surface area contributed by atoms with Gasteiger partial charge in [-0.25, -0.2) is 4.39 Å². The van der Waals surface area contributed by atoms with Crippen LogP contribution in [0, 0.1) is 0 Å². The molecule has 15 heavy (non-hydrogen) atoms. The van der Waals surface area contributed by atoms with E-state index >= 15 is 0 Å². The molecule has 2 unspecified atom stereocenters. The third kappa shape index (κ3) is 2.25. The summed E-state index contributed by atoms with van der Waals surface area (Å²) in [5, 5.41) is 0. The lowest BCUT2D eigenvalue weighted by molar-refractivity contribution is 0.101. The molecule has 0 aromatic heterocycles. The Morgan fingerprint density at radius 1 is 1.27 bits per heavy atom. The van der Waals surface area contributed by atoms with Gasteiger partial charge in [0.15, 0.2) is 5.78 Å². The first-order chi connectivity index (χ1) is 7.16. The molecule has 2 heteroatoms. The fourth-order valence-electron chi connectivity index (χ4n) is 2.22. The van der Waals surface area contributed by atoms with Crippen molar-refractivity contribution in [3.8, 4) is 0 Å². The molecule has 0 aliphatic heterocycles. The highest BCUT2D eigenvalue weighted by Gasteiger charge is 2.25. The van der Waals surface area contributed by atoms with Crippen LogP contribution in [-0.4, -0.2) is 12.0 Å². The van der Waals surface area contributed by atoms with Crippen LogP contribution in [0.4, 0.5) is 4.39 Å². The first-order valence-corrected chi connectivity index (χ1v) is 5.42. The summed E-state index contributed by atoms with van der Waals surface area (Å²) in [6, 6.07) is 7.59. The quantitative estimate of drug-likeness (QED) is 0.677. The number of Topliss-reactive ketones (excluding diaryl/α,β-unsaturated/α-hetero) is 1. The molecule has 80 valence electrons. The lowest BCUT2D eigenvalue weighted by atomic mass is 9.96. The van der Waals surface area contributed by atoms with Crippen molar-refractivity contribution in [3.63, 3.8) is 0 Å². The van der Waals surface area contributed by atoms with Crippen LogP contribution in [0.1, 0.15) is 48.0 Å². The van der Waals surface area contributed by atoms with Crippen LogP contribution >= 0.6 is 0 Å². The second-order valence-electron chi connectivity index (χ2n) is 4.29. The molecule has 1 fully saturated rings. The summed E-state index contributed by atoms with van der Waals surface area (Å²) in [6.07, 6.45) is 1.61. The zero-order chi connectivity index (χ0) is 10.8. The van der Waals surface area contributed by atoms with Crippen molar-refractivity contribution in [1.82, 2.24) is 0 Å². The molecule has 1 aromatic carbocycles. The smallest absolute Gasteiger partial charge is 0.159 e. The minimum atomic E-state index is -0.637. The van der Waals surface area contributed by atoms with Crippen LogP contribution in [0.25, 0.3) is 0 Å². The van der Waals surface area contributed by atoms with E-state index in [0.29, 0.717) is 18.8 Å². The van der Waals surface area contributed by atoms with Crippen molar-refractivity contribution in [1.29, 1.82) is 0 Å². The number of hydrogen-bond acceptors (Lipinski definition) is 1. The number of benzene rings is 1. The molecule has 0 heterocycles. The highest BCUT2D eigenvalue weighted by molar-refractivity contribution is 5.94. The molecule has 1 aliphatic carbocycles. The van der Waals surface area contributed by atoms with Crippen LogP contribution in [0.2, 0.25) is 0 Å². The second kappa shape index (κ2) is 4.13. The number of halogens is 1. The van der Waals surface area contributed by atoms with E-state index in [1.54, 1.807) is 6.92 Å². The first kappa shape index (κ1) is 10.3. The molecule has 0 saturated heterocycles. The molecule has 1 aliphatic rings. The van der Waals surface area contributed by atoms with Crippen LogP contribution in [0.3, 0.4) is 0 Å². The lowest BCUT2D eigenvalue weighted by Crippen LogP contribution is -1.97. The maximum atomic E-state index is 13.0. The van der Waals surface area contributed by atoms with E-state index in [9.17, 15) is 9.18 Å². The van der Waals surface area contributed by atoms with Gasteiger partial charge >= 0.3 is 0 Å². The summed E-state index contributed by atoms with van der Waals surface area (Å²) >= 11 is 0. The lowest BCUT2D eigenvalue weighted by Gasteiger charge is -2.09. The highest BCUT2D eigenvalue weighted by Crippen LogP contribution is 2.35. The van der Waals surface area contributed by atoms with E-state index in [2.05, 4.69) is 0 Å². The molecular formula is C13H15FO. The minimum Gasteiger partial charge on any atom is -0.295 e. The van der Waals surface area contributed by atoms with Crippen LogP contribution in [0.5, 0.6) is 0 Å². The van der Waals surface area contributed by atoms with Crippen molar-refractivity contribution in [2.45, 2.75) is 38.3 Å². The van der Waals surface area contributed by atoms with E-state index in [1.165, 1.54) is 5.56 Å². The van der Waals surface area contributed by atoms with E-state index in [1.807, 2.05) is 24.3 Å². The van der Waals surface area contributed by atoms with E-state index in [-0.39, 0.29) is 5.78 Å². The molecule has 1 saturated carbocycles. The van der Waals surface area contributed by atoms with Gasteiger partial charge in [-0.2, -0.15) is 0 Å². The molecule has 0 spiro atoms. The van der Waals surface area contributed by atoms with Crippen molar-refractivity contribution in [3.05, 3.63) is 35.4 Å². The van der Waals surface area contributed by atoms with Gasteiger partial charge in [-0.05, 0) is 37.7 Å². The van der Waals surface area contributed by atoms with Gasteiger partial charge in [-0.3, -0.25) is 4.79 Å². The summed E-state index contributed by atoms with van der Waals surface area (Å²) in [5.41, 5.74) is 1.90. The van der Waals surface area contributed by atoms with Crippen LogP contribution in [-0.2, 0) is 0 Å². The monoisotopic (exact) mass is 206 g/mol. The Labute approximate surface area is 89.3 Å². The van der Waals surface area contributed by atoms with Gasteiger partial charge in [0.2, 0.25) is 0 Å². The Balaban J connectivity index is 2.13. The van der Waals surface area contributed by atoms with Gasteiger partial charge in [0.05, 0.1) is 0 Å². The van der Waals surface area contributed by atoms with Gasteiger partial charge in [-0.1, -0.05) is 24.3 Å². The zero-order valence-electron chi connectivity index (χ0n) is 8.87. The summed E-state index contributed by atoms with van der Waals surface area (Å²) < 4.78 is 13.0. The molecule has 0 bridgehead atoms. The van der Waals surface area contributed by atoms with Gasteiger partial charge in [0, 0.05) is 5.56 Å². The molecular weight excluding hydrogens is 191 g/mol. The van der Waals surface area contributed by atoms with Crippen molar-refractivity contribution < 1.29 is 9.18 Å². The summed E-state index contributed by atoms with van der Waals surface area (Å²) in [6.45, 7) is 1.56. The van der Waals surface area contributed by atoms with Crippen molar-refractivity contribution in [2.24, 2.45) is 0 Å². The third-order valence-corrected chi connectivity index (χ3v) is 3.16. The Morgan fingerprint density at radius 3 is 2.40 bits per heavy atom. The van der Waals surface area contributed by atoms with Crippen molar-refractivity contribution >= 4 is 5.78 Å².